The molecule has 1 unspecified atom stereocenters. The largest absolute Gasteiger partial charge is 0.267 e. The number of hydrogen-bond acceptors (Lipinski definition) is 3. The molecule has 76 valence electrons. The Hall–Kier alpha value is -0.350. The monoisotopic (exact) mass is 204 g/mol. The van der Waals surface area contributed by atoms with Gasteiger partial charge in [-0.25, -0.2) is 0 Å². The van der Waals surface area contributed by atoms with Gasteiger partial charge in [0.05, 0.1) is 12.4 Å². The van der Waals surface area contributed by atoms with E-state index in [1.807, 2.05) is 0 Å². The van der Waals surface area contributed by atoms with Crippen molar-refractivity contribution in [3.63, 3.8) is 0 Å². The average Bonchev–Trinajstić information content (AvgIpc) is 1.92. The van der Waals surface area contributed by atoms with Gasteiger partial charge in [-0.05, 0) is 32.1 Å². The summed E-state index contributed by atoms with van der Waals surface area (Å²) >= 11 is 0. The molecule has 3 nitrogen and oxygen atoms in total. The highest BCUT2D eigenvalue weighted by atomic mass is 32.2. The van der Waals surface area contributed by atoms with Gasteiger partial charge in [0.2, 0.25) is 0 Å². The topological polar surface area (TPSA) is 43.4 Å². The lowest BCUT2D eigenvalue weighted by molar-refractivity contribution is 0.187. The molecule has 1 aliphatic carbocycles. The molecule has 0 spiro atoms. The van der Waals surface area contributed by atoms with Crippen LogP contribution in [0.25, 0.3) is 0 Å². The van der Waals surface area contributed by atoms with E-state index in [0.717, 1.165) is 38.4 Å². The van der Waals surface area contributed by atoms with Crippen LogP contribution in [-0.2, 0) is 14.3 Å². The minimum absolute atomic E-state index is 0.111. The van der Waals surface area contributed by atoms with E-state index < -0.39 is 10.1 Å². The van der Waals surface area contributed by atoms with Crippen molar-refractivity contribution in [2.75, 3.05) is 6.26 Å². The third-order valence-corrected chi connectivity index (χ3v) is 2.65. The van der Waals surface area contributed by atoms with Gasteiger partial charge in [-0.3, -0.25) is 4.18 Å². The molecule has 0 aromatic heterocycles. The minimum Gasteiger partial charge on any atom is -0.267 e. The second-order valence-corrected chi connectivity index (χ2v) is 5.00. The Morgan fingerprint density at radius 2 is 1.92 bits per heavy atom. The molecule has 0 saturated heterocycles. The summed E-state index contributed by atoms with van der Waals surface area (Å²) in [7, 11) is -3.28. The van der Waals surface area contributed by atoms with Gasteiger partial charge in [0.25, 0.3) is 10.1 Å². The molecule has 0 bridgehead atoms. The maximum Gasteiger partial charge on any atom is 0.264 e. The Kier molecular flexibility index (Phi) is 3.93. The molecule has 0 aromatic carbocycles. The average molecular weight is 204 g/mol. The van der Waals surface area contributed by atoms with Gasteiger partial charge >= 0.3 is 0 Å². The highest BCUT2D eigenvalue weighted by Gasteiger charge is 2.14. The molecule has 4 heteroatoms. The van der Waals surface area contributed by atoms with E-state index in [9.17, 15) is 8.42 Å². The van der Waals surface area contributed by atoms with Crippen molar-refractivity contribution < 1.29 is 12.6 Å². The smallest absolute Gasteiger partial charge is 0.264 e. The lowest BCUT2D eigenvalue weighted by atomic mass is 10.0. The summed E-state index contributed by atoms with van der Waals surface area (Å²) in [6.07, 6.45) is 9.86. The molecule has 0 amide bonds. The first-order chi connectivity index (χ1) is 6.08. The molecule has 0 radical (unpaired) electrons. The lowest BCUT2D eigenvalue weighted by Crippen LogP contribution is -2.17. The van der Waals surface area contributed by atoms with Crippen LogP contribution in [0.2, 0.25) is 0 Å². The van der Waals surface area contributed by atoms with Crippen LogP contribution in [0.5, 0.6) is 0 Å². The van der Waals surface area contributed by atoms with Crippen molar-refractivity contribution in [3.05, 3.63) is 12.2 Å². The van der Waals surface area contributed by atoms with Gasteiger partial charge in [-0.1, -0.05) is 12.2 Å². The van der Waals surface area contributed by atoms with Crippen LogP contribution in [0.15, 0.2) is 12.2 Å². The predicted octanol–water partition coefficient (Wildman–Crippen LogP) is 1.85. The maximum absolute atomic E-state index is 10.9. The van der Waals surface area contributed by atoms with Crippen LogP contribution in [0, 0.1) is 0 Å². The number of allylic oxidation sites excluding steroid dienone is 2. The van der Waals surface area contributed by atoms with Crippen LogP contribution in [0.3, 0.4) is 0 Å². The van der Waals surface area contributed by atoms with Crippen LogP contribution in [0.4, 0.5) is 0 Å². The van der Waals surface area contributed by atoms with Gasteiger partial charge < -0.3 is 0 Å². The van der Waals surface area contributed by atoms with Crippen molar-refractivity contribution >= 4 is 10.1 Å². The fraction of sp³-hybridized carbons (Fsp3) is 0.778. The van der Waals surface area contributed by atoms with E-state index >= 15 is 0 Å². The van der Waals surface area contributed by atoms with E-state index in [-0.39, 0.29) is 6.10 Å². The zero-order chi connectivity index (χ0) is 9.73. The molecule has 13 heavy (non-hydrogen) atoms. The molecule has 0 aromatic rings. The van der Waals surface area contributed by atoms with E-state index in [1.165, 1.54) is 0 Å². The standard InChI is InChI=1S/C9H16O3S/c1-13(10,11)12-9-7-5-3-2-4-6-8-9/h2-3,9H,4-8H2,1H3/b3-2-. The molecular formula is C9H16O3S. The minimum atomic E-state index is -3.28. The molecule has 0 aliphatic heterocycles. The summed E-state index contributed by atoms with van der Waals surface area (Å²) in [6, 6.07) is 0. The highest BCUT2D eigenvalue weighted by molar-refractivity contribution is 7.86. The third-order valence-electron chi connectivity index (χ3n) is 2.03. The third kappa shape index (κ3) is 5.05. The molecule has 0 heterocycles. The second kappa shape index (κ2) is 4.77. The Morgan fingerprint density at radius 3 is 2.62 bits per heavy atom. The summed E-state index contributed by atoms with van der Waals surface area (Å²) in [5.41, 5.74) is 0. The summed E-state index contributed by atoms with van der Waals surface area (Å²) in [4.78, 5) is 0. The van der Waals surface area contributed by atoms with Gasteiger partial charge in [-0.2, -0.15) is 8.42 Å². The summed E-state index contributed by atoms with van der Waals surface area (Å²) < 4.78 is 26.7. The van der Waals surface area contributed by atoms with E-state index in [1.54, 1.807) is 0 Å². The van der Waals surface area contributed by atoms with E-state index in [4.69, 9.17) is 4.18 Å². The molecule has 0 N–H and O–H groups in total. The van der Waals surface area contributed by atoms with Crippen LogP contribution < -0.4 is 0 Å². The van der Waals surface area contributed by atoms with E-state index in [2.05, 4.69) is 12.2 Å². The Balaban J connectivity index is 2.45. The molecule has 0 saturated carbocycles. The SMILES string of the molecule is CS(=O)(=O)OC1CC/C=C\CCC1. The van der Waals surface area contributed by atoms with Crippen molar-refractivity contribution in [3.8, 4) is 0 Å². The zero-order valence-corrected chi connectivity index (χ0v) is 8.72. The Bertz CT molecular complexity index is 267. The Labute approximate surface area is 79.9 Å². The summed E-state index contributed by atoms with van der Waals surface area (Å²) in [6.45, 7) is 0. The predicted molar refractivity (Wildman–Crippen MR) is 51.9 cm³/mol. The second-order valence-electron chi connectivity index (χ2n) is 3.40. The Morgan fingerprint density at radius 1 is 1.23 bits per heavy atom. The maximum atomic E-state index is 10.9. The molecular weight excluding hydrogens is 188 g/mol. The van der Waals surface area contributed by atoms with Gasteiger partial charge in [0.15, 0.2) is 0 Å². The lowest BCUT2D eigenvalue weighted by Gasteiger charge is -2.16. The van der Waals surface area contributed by atoms with E-state index in [0.29, 0.717) is 0 Å². The van der Waals surface area contributed by atoms with Crippen molar-refractivity contribution in [1.29, 1.82) is 0 Å². The first-order valence-electron chi connectivity index (χ1n) is 4.61. The van der Waals surface area contributed by atoms with Gasteiger partial charge in [0, 0.05) is 0 Å². The zero-order valence-electron chi connectivity index (χ0n) is 7.90. The van der Waals surface area contributed by atoms with Crippen molar-refractivity contribution in [2.45, 2.75) is 38.2 Å². The van der Waals surface area contributed by atoms with Crippen molar-refractivity contribution in [2.24, 2.45) is 0 Å². The van der Waals surface area contributed by atoms with Crippen LogP contribution in [0.1, 0.15) is 32.1 Å². The summed E-state index contributed by atoms with van der Waals surface area (Å²) in [5.74, 6) is 0. The molecule has 1 atom stereocenters. The quantitative estimate of drug-likeness (QED) is 0.509. The number of rotatable bonds is 2. The first kappa shape index (κ1) is 10.7. The van der Waals surface area contributed by atoms with Gasteiger partial charge in [-0.15, -0.1) is 0 Å². The normalized spacial score (nSPS) is 27.6. The number of hydrogen-bond donors (Lipinski definition) is 0. The molecule has 1 rings (SSSR count). The molecule has 1 aliphatic rings. The fourth-order valence-corrected chi connectivity index (χ4v) is 2.16. The van der Waals surface area contributed by atoms with Crippen LogP contribution >= 0.6 is 0 Å². The fourth-order valence-electron chi connectivity index (χ4n) is 1.47. The highest BCUT2D eigenvalue weighted by Crippen LogP contribution is 2.16. The van der Waals surface area contributed by atoms with Crippen LogP contribution in [-0.4, -0.2) is 20.8 Å². The van der Waals surface area contributed by atoms with Gasteiger partial charge in [0.1, 0.15) is 0 Å². The first-order valence-corrected chi connectivity index (χ1v) is 6.43. The van der Waals surface area contributed by atoms with Crippen molar-refractivity contribution in [1.82, 2.24) is 0 Å². The summed E-state index contributed by atoms with van der Waals surface area (Å²) in [5, 5.41) is 0. The molecule has 0 fully saturated rings.